The summed E-state index contributed by atoms with van der Waals surface area (Å²) in [6.07, 6.45) is 3.61. The third-order valence-electron chi connectivity index (χ3n) is 6.00. The third-order valence-corrected chi connectivity index (χ3v) is 6.00. The molecule has 0 radical (unpaired) electrons. The first-order chi connectivity index (χ1) is 14.9. The average Bonchev–Trinajstić information content (AvgIpc) is 3.60. The van der Waals surface area contributed by atoms with Gasteiger partial charge in [-0.2, -0.15) is 0 Å². The fourth-order valence-electron chi connectivity index (χ4n) is 3.93. The topological polar surface area (TPSA) is 52.7 Å². The van der Waals surface area contributed by atoms with E-state index in [0.717, 1.165) is 48.2 Å². The van der Waals surface area contributed by atoms with Crippen molar-refractivity contribution in [3.05, 3.63) is 59.7 Å². The summed E-state index contributed by atoms with van der Waals surface area (Å²) in [7, 11) is 4.01. The molecule has 1 aliphatic rings. The van der Waals surface area contributed by atoms with Crippen molar-refractivity contribution in [2.24, 2.45) is 11.8 Å². The SMILES string of the molecule is CCC(CC)C(=O)N(Cc1ccccc1)Cc1cc(NC(=O)C2CC2)ccc1N(C)C. The summed E-state index contributed by atoms with van der Waals surface area (Å²) in [5.74, 6) is 0.455. The van der Waals surface area contributed by atoms with Crippen LogP contribution >= 0.6 is 0 Å². The molecule has 0 aliphatic heterocycles. The second-order valence-corrected chi connectivity index (χ2v) is 8.69. The Bertz CT molecular complexity index is 887. The molecule has 166 valence electrons. The van der Waals surface area contributed by atoms with Gasteiger partial charge in [0.1, 0.15) is 0 Å². The van der Waals surface area contributed by atoms with Crippen molar-refractivity contribution in [1.29, 1.82) is 0 Å². The van der Waals surface area contributed by atoms with Crippen LogP contribution in [0.5, 0.6) is 0 Å². The van der Waals surface area contributed by atoms with E-state index < -0.39 is 0 Å². The molecular weight excluding hydrogens is 386 g/mol. The molecule has 0 bridgehead atoms. The number of nitrogens with zero attached hydrogens (tertiary/aromatic N) is 2. The van der Waals surface area contributed by atoms with Gasteiger partial charge in [-0.3, -0.25) is 9.59 Å². The lowest BCUT2D eigenvalue weighted by Gasteiger charge is -2.29. The number of carbonyl (C=O) groups excluding carboxylic acids is 2. The predicted molar refractivity (Wildman–Crippen MR) is 127 cm³/mol. The molecule has 0 saturated heterocycles. The van der Waals surface area contributed by atoms with Crippen LogP contribution in [0, 0.1) is 11.8 Å². The molecule has 0 aromatic heterocycles. The predicted octanol–water partition coefficient (Wildman–Crippen LogP) is 5.07. The van der Waals surface area contributed by atoms with E-state index in [-0.39, 0.29) is 23.7 Å². The van der Waals surface area contributed by atoms with Crippen molar-refractivity contribution in [3.63, 3.8) is 0 Å². The molecule has 1 fully saturated rings. The highest BCUT2D eigenvalue weighted by Gasteiger charge is 2.30. The van der Waals surface area contributed by atoms with Crippen molar-refractivity contribution in [1.82, 2.24) is 4.90 Å². The van der Waals surface area contributed by atoms with Crippen molar-refractivity contribution < 1.29 is 9.59 Å². The maximum Gasteiger partial charge on any atom is 0.227 e. The van der Waals surface area contributed by atoms with Gasteiger partial charge in [-0.15, -0.1) is 0 Å². The maximum absolute atomic E-state index is 13.4. The quantitative estimate of drug-likeness (QED) is 0.583. The van der Waals surface area contributed by atoms with Gasteiger partial charge in [-0.25, -0.2) is 0 Å². The monoisotopic (exact) mass is 421 g/mol. The first-order valence-electron chi connectivity index (χ1n) is 11.4. The zero-order valence-electron chi connectivity index (χ0n) is 19.2. The summed E-state index contributed by atoms with van der Waals surface area (Å²) in [5, 5.41) is 3.05. The fraction of sp³-hybridized carbons (Fsp3) is 0.462. The molecule has 3 rings (SSSR count). The van der Waals surface area contributed by atoms with Gasteiger partial charge in [0, 0.05) is 50.4 Å². The summed E-state index contributed by atoms with van der Waals surface area (Å²) >= 11 is 0. The van der Waals surface area contributed by atoms with Crippen LogP contribution in [-0.4, -0.2) is 30.8 Å². The van der Waals surface area contributed by atoms with E-state index in [4.69, 9.17) is 0 Å². The number of amides is 2. The van der Waals surface area contributed by atoms with E-state index in [1.807, 2.05) is 55.4 Å². The van der Waals surface area contributed by atoms with E-state index in [9.17, 15) is 9.59 Å². The summed E-state index contributed by atoms with van der Waals surface area (Å²) in [4.78, 5) is 29.7. The van der Waals surface area contributed by atoms with Gasteiger partial charge in [0.05, 0.1) is 0 Å². The minimum Gasteiger partial charge on any atom is -0.377 e. The van der Waals surface area contributed by atoms with Gasteiger partial charge in [-0.05, 0) is 55.0 Å². The van der Waals surface area contributed by atoms with Crippen LogP contribution in [0.2, 0.25) is 0 Å². The Morgan fingerprint density at radius 3 is 2.26 bits per heavy atom. The lowest BCUT2D eigenvalue weighted by Crippen LogP contribution is -2.35. The summed E-state index contributed by atoms with van der Waals surface area (Å²) in [6.45, 7) is 5.23. The smallest absolute Gasteiger partial charge is 0.227 e. The Morgan fingerprint density at radius 1 is 1.00 bits per heavy atom. The Hall–Kier alpha value is -2.82. The minimum absolute atomic E-state index is 0.0178. The Labute approximate surface area is 186 Å². The van der Waals surface area contributed by atoms with E-state index >= 15 is 0 Å². The molecule has 1 N–H and O–H groups in total. The van der Waals surface area contributed by atoms with Crippen LogP contribution in [0.1, 0.15) is 50.7 Å². The van der Waals surface area contributed by atoms with Gasteiger partial charge in [0.25, 0.3) is 0 Å². The molecule has 2 aromatic carbocycles. The van der Waals surface area contributed by atoms with Crippen LogP contribution in [0.25, 0.3) is 0 Å². The molecule has 1 aliphatic carbocycles. The summed E-state index contributed by atoms with van der Waals surface area (Å²) < 4.78 is 0. The van der Waals surface area contributed by atoms with Gasteiger partial charge < -0.3 is 15.1 Å². The number of carbonyl (C=O) groups is 2. The average molecular weight is 422 g/mol. The summed E-state index contributed by atoms with van der Waals surface area (Å²) in [6, 6.07) is 16.1. The molecule has 2 amide bonds. The van der Waals surface area contributed by atoms with Crippen LogP contribution in [0.15, 0.2) is 48.5 Å². The van der Waals surface area contributed by atoms with Crippen LogP contribution < -0.4 is 10.2 Å². The molecular formula is C26H35N3O2. The lowest BCUT2D eigenvalue weighted by molar-refractivity contribution is -0.137. The van der Waals surface area contributed by atoms with E-state index in [2.05, 4.69) is 36.2 Å². The Balaban J connectivity index is 1.89. The van der Waals surface area contributed by atoms with Gasteiger partial charge >= 0.3 is 0 Å². The highest BCUT2D eigenvalue weighted by atomic mass is 16.2. The summed E-state index contributed by atoms with van der Waals surface area (Å²) in [5.41, 5.74) is 4.01. The number of hydrogen-bond acceptors (Lipinski definition) is 3. The Kier molecular flexibility index (Phi) is 7.72. The number of hydrogen-bond donors (Lipinski definition) is 1. The van der Waals surface area contributed by atoms with E-state index in [0.29, 0.717) is 13.1 Å². The number of benzene rings is 2. The molecule has 31 heavy (non-hydrogen) atoms. The van der Waals surface area contributed by atoms with E-state index in [1.165, 1.54) is 0 Å². The normalized spacial score (nSPS) is 13.2. The fourth-order valence-corrected chi connectivity index (χ4v) is 3.93. The molecule has 5 nitrogen and oxygen atoms in total. The third kappa shape index (κ3) is 6.09. The number of rotatable bonds is 10. The first kappa shape index (κ1) is 22.9. The second-order valence-electron chi connectivity index (χ2n) is 8.69. The number of nitrogens with one attached hydrogen (secondary N) is 1. The lowest BCUT2D eigenvalue weighted by atomic mass is 10.0. The molecule has 0 unspecified atom stereocenters. The van der Waals surface area contributed by atoms with Crippen molar-refractivity contribution in [3.8, 4) is 0 Å². The maximum atomic E-state index is 13.4. The second kappa shape index (κ2) is 10.5. The van der Waals surface area contributed by atoms with Crippen LogP contribution in [0.3, 0.4) is 0 Å². The van der Waals surface area contributed by atoms with Gasteiger partial charge in [-0.1, -0.05) is 44.2 Å². The zero-order valence-corrected chi connectivity index (χ0v) is 19.2. The highest BCUT2D eigenvalue weighted by molar-refractivity contribution is 5.94. The standard InChI is InChI=1S/C26H35N3O2/c1-5-20(6-2)26(31)29(17-19-10-8-7-9-11-19)18-22-16-23(14-15-24(22)28(3)4)27-25(30)21-12-13-21/h7-11,14-16,20-21H,5-6,12-13,17-18H2,1-4H3,(H,27,30). The molecule has 0 heterocycles. The van der Waals surface area contributed by atoms with Crippen molar-refractivity contribution >= 4 is 23.2 Å². The zero-order chi connectivity index (χ0) is 22.4. The molecule has 2 aromatic rings. The van der Waals surface area contributed by atoms with Crippen molar-refractivity contribution in [2.75, 3.05) is 24.3 Å². The molecule has 5 heteroatoms. The molecule has 1 saturated carbocycles. The van der Waals surface area contributed by atoms with Crippen LogP contribution in [0.4, 0.5) is 11.4 Å². The van der Waals surface area contributed by atoms with Gasteiger partial charge in [0.15, 0.2) is 0 Å². The number of anilines is 2. The molecule has 0 spiro atoms. The minimum atomic E-state index is 0.0178. The first-order valence-corrected chi connectivity index (χ1v) is 11.4. The van der Waals surface area contributed by atoms with Gasteiger partial charge in [0.2, 0.25) is 11.8 Å². The largest absolute Gasteiger partial charge is 0.377 e. The molecule has 0 atom stereocenters. The van der Waals surface area contributed by atoms with E-state index in [1.54, 1.807) is 0 Å². The highest BCUT2D eigenvalue weighted by Crippen LogP contribution is 2.31. The van der Waals surface area contributed by atoms with Crippen LogP contribution in [-0.2, 0) is 22.7 Å². The van der Waals surface area contributed by atoms with Crippen molar-refractivity contribution in [2.45, 2.75) is 52.6 Å². The Morgan fingerprint density at radius 2 is 1.68 bits per heavy atom.